The van der Waals surface area contributed by atoms with E-state index in [0.717, 1.165) is 31.7 Å². The van der Waals surface area contributed by atoms with Gasteiger partial charge in [-0.2, -0.15) is 0 Å². The number of aliphatic hydroxyl groups excluding tert-OH is 1. The summed E-state index contributed by atoms with van der Waals surface area (Å²) in [5, 5.41) is 9.93. The van der Waals surface area contributed by atoms with Crippen LogP contribution in [0, 0.1) is 5.41 Å². The smallest absolute Gasteiger partial charge is 0.123 e. The van der Waals surface area contributed by atoms with Gasteiger partial charge in [-0.25, -0.2) is 0 Å². The van der Waals surface area contributed by atoms with Crippen LogP contribution >= 0.6 is 0 Å². The van der Waals surface area contributed by atoms with Gasteiger partial charge in [0, 0.05) is 30.7 Å². The van der Waals surface area contributed by atoms with E-state index in [4.69, 9.17) is 4.74 Å². The summed E-state index contributed by atoms with van der Waals surface area (Å²) in [6.45, 7) is 2.14. The van der Waals surface area contributed by atoms with E-state index < -0.39 is 0 Å². The van der Waals surface area contributed by atoms with Gasteiger partial charge in [0.15, 0.2) is 0 Å². The maximum Gasteiger partial charge on any atom is 0.123 e. The number of ether oxygens (including phenoxy) is 1. The molecule has 118 valence electrons. The molecule has 0 heterocycles. The molecule has 1 aliphatic rings. The van der Waals surface area contributed by atoms with Crippen molar-refractivity contribution in [1.29, 1.82) is 0 Å². The molecule has 1 fully saturated rings. The van der Waals surface area contributed by atoms with Gasteiger partial charge in [0.05, 0.1) is 7.11 Å². The van der Waals surface area contributed by atoms with Crippen molar-refractivity contribution in [3.63, 3.8) is 0 Å². The van der Waals surface area contributed by atoms with E-state index in [1.165, 1.54) is 31.2 Å². The quantitative estimate of drug-likeness (QED) is 0.815. The number of benzene rings is 1. The second-order valence-corrected chi connectivity index (χ2v) is 6.56. The minimum Gasteiger partial charge on any atom is -0.496 e. The molecule has 0 aromatic heterocycles. The van der Waals surface area contributed by atoms with Gasteiger partial charge in [-0.1, -0.05) is 43.9 Å². The van der Waals surface area contributed by atoms with E-state index >= 15 is 0 Å². The zero-order valence-corrected chi connectivity index (χ0v) is 13.5. The molecule has 2 rings (SSSR count). The summed E-state index contributed by atoms with van der Waals surface area (Å²) in [7, 11) is 3.87. The molecular weight excluding hydrogens is 262 g/mol. The Morgan fingerprint density at radius 1 is 1.14 bits per heavy atom. The lowest BCUT2D eigenvalue weighted by Gasteiger charge is -2.35. The molecule has 0 spiro atoms. The fraction of sp³-hybridized carbons (Fsp3) is 0.667. The van der Waals surface area contributed by atoms with Gasteiger partial charge >= 0.3 is 0 Å². The molecule has 0 aliphatic heterocycles. The Balaban J connectivity index is 2.00. The van der Waals surface area contributed by atoms with Gasteiger partial charge in [-0.3, -0.25) is 0 Å². The van der Waals surface area contributed by atoms with E-state index in [1.54, 1.807) is 7.11 Å². The number of para-hydroxylation sites is 1. The number of nitrogens with zero attached hydrogens (tertiary/aromatic N) is 1. The van der Waals surface area contributed by atoms with Crippen LogP contribution in [0.4, 0.5) is 0 Å². The predicted molar refractivity (Wildman–Crippen MR) is 86.5 cm³/mol. The first-order chi connectivity index (χ1) is 10.2. The SMILES string of the molecule is COc1ccccc1CN(C)CC1(CO)CCCCCC1. The molecule has 0 radical (unpaired) electrons. The molecule has 0 bridgehead atoms. The van der Waals surface area contributed by atoms with Crippen molar-refractivity contribution in [1.82, 2.24) is 4.90 Å². The van der Waals surface area contributed by atoms with E-state index in [2.05, 4.69) is 24.1 Å². The first-order valence-electron chi connectivity index (χ1n) is 8.10. The largest absolute Gasteiger partial charge is 0.496 e. The zero-order chi connectivity index (χ0) is 15.1. The van der Waals surface area contributed by atoms with Gasteiger partial charge in [0.25, 0.3) is 0 Å². The van der Waals surface area contributed by atoms with Crippen LogP contribution in [0.2, 0.25) is 0 Å². The molecular formula is C18H29NO2. The van der Waals surface area contributed by atoms with Crippen LogP contribution in [-0.2, 0) is 6.54 Å². The third-order valence-electron chi connectivity index (χ3n) is 4.74. The number of hydrogen-bond donors (Lipinski definition) is 1. The van der Waals surface area contributed by atoms with E-state index in [9.17, 15) is 5.11 Å². The molecule has 0 atom stereocenters. The van der Waals surface area contributed by atoms with Crippen molar-refractivity contribution in [3.8, 4) is 5.75 Å². The second kappa shape index (κ2) is 7.81. The number of rotatable bonds is 6. The molecule has 3 nitrogen and oxygen atoms in total. The molecule has 0 saturated heterocycles. The average Bonchev–Trinajstić information content (AvgIpc) is 2.74. The van der Waals surface area contributed by atoms with Crippen molar-refractivity contribution in [3.05, 3.63) is 29.8 Å². The minimum absolute atomic E-state index is 0.0905. The molecule has 0 unspecified atom stereocenters. The van der Waals surface area contributed by atoms with Gasteiger partial charge in [0.1, 0.15) is 5.75 Å². The summed E-state index contributed by atoms with van der Waals surface area (Å²) in [6, 6.07) is 8.19. The third-order valence-corrected chi connectivity index (χ3v) is 4.74. The van der Waals surface area contributed by atoms with Crippen LogP contribution in [0.15, 0.2) is 24.3 Å². The first kappa shape index (κ1) is 16.3. The topological polar surface area (TPSA) is 32.7 Å². The van der Waals surface area contributed by atoms with Crippen molar-refractivity contribution in [2.45, 2.75) is 45.1 Å². The Morgan fingerprint density at radius 3 is 2.43 bits per heavy atom. The maximum atomic E-state index is 9.93. The van der Waals surface area contributed by atoms with Gasteiger partial charge < -0.3 is 14.7 Å². The van der Waals surface area contributed by atoms with E-state index in [1.807, 2.05) is 12.1 Å². The van der Waals surface area contributed by atoms with Gasteiger partial charge in [-0.15, -0.1) is 0 Å². The zero-order valence-electron chi connectivity index (χ0n) is 13.5. The summed E-state index contributed by atoms with van der Waals surface area (Å²) in [4.78, 5) is 2.33. The van der Waals surface area contributed by atoms with Gasteiger partial charge in [-0.05, 0) is 26.0 Å². The van der Waals surface area contributed by atoms with Crippen LogP contribution < -0.4 is 4.74 Å². The predicted octanol–water partition coefficient (Wildman–Crippen LogP) is 3.46. The molecule has 1 N–H and O–H groups in total. The Bertz CT molecular complexity index is 425. The van der Waals surface area contributed by atoms with Crippen LogP contribution in [0.5, 0.6) is 5.75 Å². The van der Waals surface area contributed by atoms with Crippen LogP contribution in [0.25, 0.3) is 0 Å². The van der Waals surface area contributed by atoms with Crippen molar-refractivity contribution in [2.24, 2.45) is 5.41 Å². The van der Waals surface area contributed by atoms with Crippen LogP contribution in [-0.4, -0.2) is 37.3 Å². The fourth-order valence-electron chi connectivity index (χ4n) is 3.60. The minimum atomic E-state index is 0.0905. The molecule has 1 aromatic carbocycles. The Labute approximate surface area is 128 Å². The molecule has 1 aromatic rings. The third kappa shape index (κ3) is 4.45. The lowest BCUT2D eigenvalue weighted by atomic mass is 9.80. The summed E-state index contributed by atoms with van der Waals surface area (Å²) in [6.07, 6.45) is 7.45. The highest BCUT2D eigenvalue weighted by Gasteiger charge is 2.31. The highest BCUT2D eigenvalue weighted by molar-refractivity contribution is 5.33. The van der Waals surface area contributed by atoms with Crippen molar-refractivity contribution < 1.29 is 9.84 Å². The van der Waals surface area contributed by atoms with Crippen molar-refractivity contribution >= 4 is 0 Å². The van der Waals surface area contributed by atoms with Gasteiger partial charge in [0.2, 0.25) is 0 Å². The molecule has 21 heavy (non-hydrogen) atoms. The number of methoxy groups -OCH3 is 1. The van der Waals surface area contributed by atoms with Crippen LogP contribution in [0.1, 0.15) is 44.1 Å². The average molecular weight is 291 g/mol. The molecule has 0 amide bonds. The maximum absolute atomic E-state index is 9.93. The standard InChI is InChI=1S/C18H29NO2/c1-19(13-16-9-5-6-10-17(16)21-2)14-18(15-20)11-7-3-4-8-12-18/h5-6,9-10,20H,3-4,7-8,11-15H2,1-2H3. The molecule has 1 aliphatic carbocycles. The summed E-state index contributed by atoms with van der Waals surface area (Å²) in [5.74, 6) is 0.947. The summed E-state index contributed by atoms with van der Waals surface area (Å²) < 4.78 is 5.43. The Kier molecular flexibility index (Phi) is 6.07. The Morgan fingerprint density at radius 2 is 1.81 bits per heavy atom. The first-order valence-corrected chi connectivity index (χ1v) is 8.10. The number of aliphatic hydroxyl groups is 1. The summed E-state index contributed by atoms with van der Waals surface area (Å²) >= 11 is 0. The molecule has 3 heteroatoms. The van der Waals surface area contributed by atoms with Crippen LogP contribution in [0.3, 0.4) is 0 Å². The fourth-order valence-corrected chi connectivity index (χ4v) is 3.60. The number of hydrogen-bond acceptors (Lipinski definition) is 3. The lowest BCUT2D eigenvalue weighted by Crippen LogP contribution is -2.38. The lowest BCUT2D eigenvalue weighted by molar-refractivity contribution is 0.0661. The molecule has 1 saturated carbocycles. The summed E-state index contributed by atoms with van der Waals surface area (Å²) in [5.41, 5.74) is 1.30. The second-order valence-electron chi connectivity index (χ2n) is 6.56. The van der Waals surface area contributed by atoms with Crippen molar-refractivity contribution in [2.75, 3.05) is 27.3 Å². The highest BCUT2D eigenvalue weighted by atomic mass is 16.5. The Hall–Kier alpha value is -1.06. The van der Waals surface area contributed by atoms with E-state index in [-0.39, 0.29) is 5.41 Å². The normalized spacial score (nSPS) is 18.5. The highest BCUT2D eigenvalue weighted by Crippen LogP contribution is 2.35. The monoisotopic (exact) mass is 291 g/mol. The van der Waals surface area contributed by atoms with E-state index in [0.29, 0.717) is 6.61 Å².